The van der Waals surface area contributed by atoms with Crippen molar-refractivity contribution < 1.29 is 9.47 Å². The Morgan fingerprint density at radius 1 is 1.22 bits per heavy atom. The molecule has 23 heavy (non-hydrogen) atoms. The molecular formula is C15H20N6O2. The number of amidine groups is 1. The first kappa shape index (κ1) is 15.2. The van der Waals surface area contributed by atoms with E-state index in [0.29, 0.717) is 30.2 Å². The van der Waals surface area contributed by atoms with Crippen LogP contribution in [0.1, 0.15) is 17.7 Å². The Bertz CT molecular complexity index is 728. The van der Waals surface area contributed by atoms with Crippen molar-refractivity contribution in [3.63, 3.8) is 0 Å². The van der Waals surface area contributed by atoms with Crippen molar-refractivity contribution in [2.24, 2.45) is 16.5 Å². The maximum atomic E-state index is 6.36. The van der Waals surface area contributed by atoms with Crippen molar-refractivity contribution in [1.82, 2.24) is 9.97 Å². The van der Waals surface area contributed by atoms with Crippen LogP contribution >= 0.6 is 0 Å². The van der Waals surface area contributed by atoms with Crippen LogP contribution in [0.15, 0.2) is 29.6 Å². The van der Waals surface area contributed by atoms with E-state index < -0.39 is 5.79 Å². The molecule has 6 N–H and O–H groups in total. The molecule has 0 saturated carbocycles. The summed E-state index contributed by atoms with van der Waals surface area (Å²) in [6.45, 7) is 0. The highest BCUT2D eigenvalue weighted by atomic mass is 16.5. The van der Waals surface area contributed by atoms with Gasteiger partial charge in [0.05, 0.1) is 26.2 Å². The van der Waals surface area contributed by atoms with E-state index in [1.807, 2.05) is 6.07 Å². The van der Waals surface area contributed by atoms with Crippen molar-refractivity contribution in [2.75, 3.05) is 19.5 Å². The number of methoxy groups -OCH3 is 2. The molecule has 0 fully saturated rings. The lowest BCUT2D eigenvalue weighted by molar-refractivity contribution is 0.354. The van der Waals surface area contributed by atoms with Gasteiger partial charge in [-0.15, -0.1) is 0 Å². The number of aromatic nitrogens is 2. The van der Waals surface area contributed by atoms with Crippen LogP contribution in [0, 0.1) is 0 Å². The first-order chi connectivity index (χ1) is 11.0. The Kier molecular flexibility index (Phi) is 3.83. The Morgan fingerprint density at radius 2 is 1.96 bits per heavy atom. The minimum absolute atomic E-state index is 0.367. The normalized spacial score (nSPS) is 19.5. The zero-order valence-electron chi connectivity index (χ0n) is 13.1. The number of nitrogens with two attached hydrogens (primary N) is 2. The molecule has 0 spiro atoms. The maximum absolute atomic E-state index is 6.36. The Labute approximate surface area is 133 Å². The van der Waals surface area contributed by atoms with Crippen LogP contribution in [0.3, 0.4) is 0 Å². The molecule has 8 heteroatoms. The van der Waals surface area contributed by atoms with E-state index in [4.69, 9.17) is 20.9 Å². The number of anilines is 1. The quantitative estimate of drug-likeness (QED) is 0.647. The molecule has 1 aromatic carbocycles. The fraction of sp³-hybridized carbons (Fsp3) is 0.333. The van der Waals surface area contributed by atoms with Gasteiger partial charge in [0.1, 0.15) is 5.84 Å². The number of aromatic amines is 1. The van der Waals surface area contributed by atoms with Crippen LogP contribution in [0.2, 0.25) is 0 Å². The summed E-state index contributed by atoms with van der Waals surface area (Å²) in [5.74, 6) is 0.575. The smallest absolute Gasteiger partial charge is 0.184 e. The molecule has 1 atom stereocenters. The zero-order chi connectivity index (χ0) is 16.4. The fourth-order valence-electron chi connectivity index (χ4n) is 2.60. The summed E-state index contributed by atoms with van der Waals surface area (Å²) < 4.78 is 10.6. The molecule has 122 valence electrons. The Balaban J connectivity index is 1.88. The predicted octanol–water partition coefficient (Wildman–Crippen LogP) is 0.803. The first-order valence-corrected chi connectivity index (χ1v) is 7.20. The second kappa shape index (κ2) is 5.81. The average Bonchev–Trinajstić information content (AvgIpc) is 3.05. The van der Waals surface area contributed by atoms with E-state index in [1.165, 1.54) is 0 Å². The Hall–Kier alpha value is -2.74. The van der Waals surface area contributed by atoms with Gasteiger partial charge in [0.25, 0.3) is 0 Å². The van der Waals surface area contributed by atoms with E-state index in [1.54, 1.807) is 32.8 Å². The zero-order valence-corrected chi connectivity index (χ0v) is 13.1. The number of hydrogen-bond acceptors (Lipinski definition) is 7. The van der Waals surface area contributed by atoms with Gasteiger partial charge in [-0.1, -0.05) is 0 Å². The number of nitrogens with one attached hydrogen (secondary N) is 2. The van der Waals surface area contributed by atoms with Gasteiger partial charge in [-0.25, -0.2) is 9.98 Å². The third-order valence-corrected chi connectivity index (χ3v) is 3.80. The largest absolute Gasteiger partial charge is 0.493 e. The van der Waals surface area contributed by atoms with Gasteiger partial charge in [-0.3, -0.25) is 5.73 Å². The topological polar surface area (TPSA) is 124 Å². The number of fused-ring (bicyclic) bond motifs is 1. The van der Waals surface area contributed by atoms with E-state index in [0.717, 1.165) is 16.9 Å². The number of aliphatic imine (C=N–C) groups is 1. The number of hydrogen-bond donors (Lipinski definition) is 4. The minimum Gasteiger partial charge on any atom is -0.493 e. The highest BCUT2D eigenvalue weighted by molar-refractivity contribution is 6.05. The molecule has 0 saturated heterocycles. The molecule has 2 heterocycles. The number of benzene rings is 1. The second-order valence-electron chi connectivity index (χ2n) is 5.38. The number of aryl methyl sites for hydroxylation is 1. The number of H-pyrrole nitrogens is 1. The van der Waals surface area contributed by atoms with Crippen molar-refractivity contribution in [2.45, 2.75) is 18.6 Å². The van der Waals surface area contributed by atoms with Gasteiger partial charge >= 0.3 is 0 Å². The lowest BCUT2D eigenvalue weighted by Crippen LogP contribution is -2.50. The summed E-state index contributed by atoms with van der Waals surface area (Å²) in [6.07, 6.45) is 4.66. The monoisotopic (exact) mass is 316 g/mol. The molecule has 0 aliphatic carbocycles. The van der Waals surface area contributed by atoms with Crippen LogP contribution in [0.4, 0.5) is 5.69 Å². The van der Waals surface area contributed by atoms with Gasteiger partial charge in [-0.05, 0) is 12.5 Å². The van der Waals surface area contributed by atoms with Gasteiger partial charge in [0.15, 0.2) is 17.3 Å². The third kappa shape index (κ3) is 2.93. The molecule has 2 aromatic rings. The summed E-state index contributed by atoms with van der Waals surface area (Å²) in [7, 11) is 3.16. The van der Waals surface area contributed by atoms with E-state index >= 15 is 0 Å². The standard InChI is InChI=1S/C15H20N6O2/c1-22-12-5-10-11(6-13(12)23-2)20-15(17,21-14(10)16)4-3-9-7-18-8-19-9/h5-8,20H,3-4,17H2,1-2H3,(H2,16,21)(H,18,19). The summed E-state index contributed by atoms with van der Waals surface area (Å²) in [4.78, 5) is 11.5. The molecule has 3 rings (SSSR count). The Morgan fingerprint density at radius 3 is 2.61 bits per heavy atom. The summed E-state index contributed by atoms with van der Waals surface area (Å²) >= 11 is 0. The van der Waals surface area contributed by atoms with Crippen molar-refractivity contribution in [3.8, 4) is 11.5 Å². The fourth-order valence-corrected chi connectivity index (χ4v) is 2.60. The third-order valence-electron chi connectivity index (χ3n) is 3.80. The highest BCUT2D eigenvalue weighted by Gasteiger charge is 2.31. The molecule has 8 nitrogen and oxygen atoms in total. The molecule has 0 bridgehead atoms. The molecule has 0 amide bonds. The number of nitrogens with zero attached hydrogens (tertiary/aromatic N) is 2. The van der Waals surface area contributed by atoms with Gasteiger partial charge in [-0.2, -0.15) is 0 Å². The predicted molar refractivity (Wildman–Crippen MR) is 87.7 cm³/mol. The van der Waals surface area contributed by atoms with Gasteiger partial charge < -0.3 is 25.5 Å². The summed E-state index contributed by atoms with van der Waals surface area (Å²) in [6, 6.07) is 3.60. The highest BCUT2D eigenvalue weighted by Crippen LogP contribution is 2.36. The van der Waals surface area contributed by atoms with E-state index in [-0.39, 0.29) is 0 Å². The lowest BCUT2D eigenvalue weighted by atomic mass is 10.0. The molecule has 0 radical (unpaired) electrons. The average molecular weight is 316 g/mol. The maximum Gasteiger partial charge on any atom is 0.184 e. The first-order valence-electron chi connectivity index (χ1n) is 7.20. The lowest BCUT2D eigenvalue weighted by Gasteiger charge is -2.33. The molecule has 1 aliphatic rings. The summed E-state index contributed by atoms with van der Waals surface area (Å²) in [5.41, 5.74) is 15.0. The van der Waals surface area contributed by atoms with Crippen LogP contribution in [0.5, 0.6) is 11.5 Å². The van der Waals surface area contributed by atoms with Crippen molar-refractivity contribution >= 4 is 11.5 Å². The number of rotatable bonds is 5. The minimum atomic E-state index is -0.984. The van der Waals surface area contributed by atoms with Crippen molar-refractivity contribution in [1.29, 1.82) is 0 Å². The SMILES string of the molecule is COc1cc2c(cc1OC)C(N)=NC(N)(CCc1cnc[nH]1)N2. The molecule has 1 aromatic heterocycles. The number of imidazole rings is 1. The van der Waals surface area contributed by atoms with Crippen LogP contribution < -0.4 is 26.3 Å². The van der Waals surface area contributed by atoms with Crippen LogP contribution in [-0.4, -0.2) is 35.8 Å². The van der Waals surface area contributed by atoms with Gasteiger partial charge in [0.2, 0.25) is 0 Å². The van der Waals surface area contributed by atoms with Crippen LogP contribution in [-0.2, 0) is 6.42 Å². The van der Waals surface area contributed by atoms with E-state index in [2.05, 4.69) is 20.3 Å². The molecule has 1 unspecified atom stereocenters. The number of ether oxygens (including phenoxy) is 2. The second-order valence-corrected chi connectivity index (χ2v) is 5.38. The van der Waals surface area contributed by atoms with Crippen LogP contribution in [0.25, 0.3) is 0 Å². The summed E-state index contributed by atoms with van der Waals surface area (Å²) in [5, 5.41) is 3.23. The molecular weight excluding hydrogens is 296 g/mol. The van der Waals surface area contributed by atoms with E-state index in [9.17, 15) is 0 Å². The van der Waals surface area contributed by atoms with Crippen molar-refractivity contribution in [3.05, 3.63) is 35.9 Å². The van der Waals surface area contributed by atoms with Gasteiger partial charge in [0, 0.05) is 29.9 Å². The molecule has 1 aliphatic heterocycles.